The number of carbonyl (C=O) groups is 1. The number of esters is 1. The fourth-order valence-corrected chi connectivity index (χ4v) is 8.97. The van der Waals surface area contributed by atoms with E-state index in [1.165, 1.54) is 63.9 Å². The summed E-state index contributed by atoms with van der Waals surface area (Å²) in [6, 6.07) is 0. The topological polar surface area (TPSA) is 26.3 Å². The van der Waals surface area contributed by atoms with Gasteiger partial charge in [0, 0.05) is 12.5 Å². The zero-order valence-electron chi connectivity index (χ0n) is 21.5. The summed E-state index contributed by atoms with van der Waals surface area (Å²) in [5.74, 6) is 4.97. The number of rotatable bonds is 7. The molecule has 2 nitrogen and oxygen atoms in total. The predicted molar refractivity (Wildman–Crippen MR) is 133 cm³/mol. The summed E-state index contributed by atoms with van der Waals surface area (Å²) >= 11 is 0. The summed E-state index contributed by atoms with van der Waals surface area (Å²) in [6.07, 6.45) is 18.3. The molecule has 4 aliphatic carbocycles. The largest absolute Gasteiger partial charge is 0.459 e. The molecule has 3 saturated carbocycles. The van der Waals surface area contributed by atoms with Crippen LogP contribution in [0, 0.1) is 46.3 Å². The predicted octanol–water partition coefficient (Wildman–Crippen LogP) is 8.13. The summed E-state index contributed by atoms with van der Waals surface area (Å²) in [6.45, 7) is 16.1. The second-order valence-electron chi connectivity index (χ2n) is 12.8. The SMILES string of the molecule is C=CC(=O)OC1CC[C@@]2(C)C(=CC[C@H]3[C@@H]4CC[C@H]([C@H](C)CCCC(C)C)[C@@]4(C)CC[C@@H]32)C1. The lowest BCUT2D eigenvalue weighted by molar-refractivity contribution is -0.145. The van der Waals surface area contributed by atoms with Crippen molar-refractivity contribution >= 4 is 5.97 Å². The molecule has 0 aromatic carbocycles. The average molecular weight is 441 g/mol. The van der Waals surface area contributed by atoms with Crippen LogP contribution in [0.2, 0.25) is 0 Å². The van der Waals surface area contributed by atoms with Crippen LogP contribution < -0.4 is 0 Å². The standard InChI is InChI=1S/C30H48O2/c1-7-28(31)32-23-15-17-29(5)22(19-23)11-12-24-26-14-13-25(21(4)10-8-9-20(2)3)30(26,6)18-16-27(24)29/h7,11,20-21,23-27H,1,8-10,12-19H2,2-6H3/t21-,23?,24+,25-,26+,27+,29+,30-/m1/s1. The van der Waals surface area contributed by atoms with E-state index in [9.17, 15) is 4.79 Å². The highest BCUT2D eigenvalue weighted by molar-refractivity contribution is 5.81. The van der Waals surface area contributed by atoms with Crippen molar-refractivity contribution in [3.8, 4) is 0 Å². The normalized spacial score (nSPS) is 41.8. The highest BCUT2D eigenvalue weighted by Crippen LogP contribution is 2.67. The Kier molecular flexibility index (Phi) is 7.00. The molecule has 0 aromatic heterocycles. The summed E-state index contributed by atoms with van der Waals surface area (Å²) < 4.78 is 5.65. The van der Waals surface area contributed by atoms with E-state index < -0.39 is 0 Å². The smallest absolute Gasteiger partial charge is 0.330 e. The highest BCUT2D eigenvalue weighted by atomic mass is 16.5. The zero-order valence-corrected chi connectivity index (χ0v) is 21.5. The van der Waals surface area contributed by atoms with Gasteiger partial charge in [0.1, 0.15) is 6.10 Å². The number of hydrogen-bond donors (Lipinski definition) is 0. The zero-order chi connectivity index (χ0) is 23.1. The van der Waals surface area contributed by atoms with Crippen LogP contribution in [0.5, 0.6) is 0 Å². The van der Waals surface area contributed by atoms with Crippen molar-refractivity contribution in [3.63, 3.8) is 0 Å². The van der Waals surface area contributed by atoms with E-state index in [4.69, 9.17) is 4.74 Å². The maximum Gasteiger partial charge on any atom is 0.330 e. The van der Waals surface area contributed by atoms with Gasteiger partial charge in [-0.2, -0.15) is 0 Å². The molecule has 0 N–H and O–H groups in total. The Morgan fingerprint density at radius 3 is 2.62 bits per heavy atom. The van der Waals surface area contributed by atoms with Gasteiger partial charge in [0.2, 0.25) is 0 Å². The van der Waals surface area contributed by atoms with E-state index in [0.29, 0.717) is 10.8 Å². The molecule has 2 heteroatoms. The molecule has 8 atom stereocenters. The lowest BCUT2D eigenvalue weighted by atomic mass is 9.47. The minimum absolute atomic E-state index is 0.0489. The molecular weight excluding hydrogens is 392 g/mol. The summed E-state index contributed by atoms with van der Waals surface area (Å²) in [5.41, 5.74) is 2.46. The van der Waals surface area contributed by atoms with E-state index in [2.05, 4.69) is 47.3 Å². The van der Waals surface area contributed by atoms with Crippen LogP contribution >= 0.6 is 0 Å². The Hall–Kier alpha value is -1.05. The van der Waals surface area contributed by atoms with Crippen LogP contribution in [0.25, 0.3) is 0 Å². The van der Waals surface area contributed by atoms with Crippen LogP contribution in [0.1, 0.15) is 105 Å². The van der Waals surface area contributed by atoms with E-state index in [0.717, 1.165) is 48.3 Å². The van der Waals surface area contributed by atoms with Crippen LogP contribution in [-0.2, 0) is 9.53 Å². The molecule has 3 fully saturated rings. The molecule has 0 spiro atoms. The monoisotopic (exact) mass is 440 g/mol. The van der Waals surface area contributed by atoms with Crippen LogP contribution in [0.3, 0.4) is 0 Å². The first-order valence-electron chi connectivity index (χ1n) is 13.7. The average Bonchev–Trinajstić information content (AvgIpc) is 3.11. The highest BCUT2D eigenvalue weighted by Gasteiger charge is 2.59. The van der Waals surface area contributed by atoms with Crippen LogP contribution in [0.4, 0.5) is 0 Å². The molecular formula is C30H48O2. The molecule has 32 heavy (non-hydrogen) atoms. The summed E-state index contributed by atoms with van der Waals surface area (Å²) in [4.78, 5) is 11.7. The molecule has 0 radical (unpaired) electrons. The second-order valence-corrected chi connectivity index (χ2v) is 12.8. The molecule has 1 unspecified atom stereocenters. The van der Waals surface area contributed by atoms with Gasteiger partial charge in [0.15, 0.2) is 0 Å². The molecule has 0 saturated heterocycles. The first-order chi connectivity index (χ1) is 15.2. The van der Waals surface area contributed by atoms with Crippen molar-refractivity contribution in [2.45, 2.75) is 111 Å². The van der Waals surface area contributed by atoms with Gasteiger partial charge < -0.3 is 4.74 Å². The molecule has 180 valence electrons. The van der Waals surface area contributed by atoms with Crippen molar-refractivity contribution < 1.29 is 9.53 Å². The van der Waals surface area contributed by atoms with Crippen molar-refractivity contribution in [3.05, 3.63) is 24.3 Å². The van der Waals surface area contributed by atoms with Gasteiger partial charge in [-0.15, -0.1) is 0 Å². The molecule has 4 rings (SSSR count). The third kappa shape index (κ3) is 4.25. The third-order valence-electron chi connectivity index (χ3n) is 10.7. The Bertz CT molecular complexity index is 735. The first kappa shape index (κ1) is 24.1. The minimum atomic E-state index is -0.263. The molecule has 0 amide bonds. The number of carbonyl (C=O) groups excluding carboxylic acids is 1. The van der Waals surface area contributed by atoms with Crippen molar-refractivity contribution in [2.24, 2.45) is 46.3 Å². The van der Waals surface area contributed by atoms with Gasteiger partial charge in [0.25, 0.3) is 0 Å². The van der Waals surface area contributed by atoms with Gasteiger partial charge in [-0.05, 0) is 91.3 Å². The Morgan fingerprint density at radius 1 is 1.12 bits per heavy atom. The summed E-state index contributed by atoms with van der Waals surface area (Å²) in [7, 11) is 0. The fraction of sp³-hybridized carbons (Fsp3) is 0.833. The Labute approximate surface area is 197 Å². The Morgan fingerprint density at radius 2 is 1.91 bits per heavy atom. The third-order valence-corrected chi connectivity index (χ3v) is 10.7. The minimum Gasteiger partial charge on any atom is -0.459 e. The van der Waals surface area contributed by atoms with Crippen molar-refractivity contribution in [1.82, 2.24) is 0 Å². The van der Waals surface area contributed by atoms with Gasteiger partial charge in [-0.3, -0.25) is 0 Å². The van der Waals surface area contributed by atoms with Gasteiger partial charge in [-0.1, -0.05) is 72.1 Å². The quantitative estimate of drug-likeness (QED) is 0.227. The second kappa shape index (κ2) is 9.30. The number of hydrogen-bond acceptors (Lipinski definition) is 2. The van der Waals surface area contributed by atoms with Crippen molar-refractivity contribution in [2.75, 3.05) is 0 Å². The van der Waals surface area contributed by atoms with Gasteiger partial charge in [-0.25, -0.2) is 4.79 Å². The fourth-order valence-electron chi connectivity index (χ4n) is 8.97. The maximum atomic E-state index is 11.7. The van der Waals surface area contributed by atoms with Crippen LogP contribution in [-0.4, -0.2) is 12.1 Å². The molecule has 0 bridgehead atoms. The van der Waals surface area contributed by atoms with E-state index >= 15 is 0 Å². The van der Waals surface area contributed by atoms with E-state index in [1.54, 1.807) is 5.57 Å². The lowest BCUT2D eigenvalue weighted by Gasteiger charge is -2.58. The molecule has 0 aromatic rings. The van der Waals surface area contributed by atoms with Crippen LogP contribution in [0.15, 0.2) is 24.3 Å². The number of fused-ring (bicyclic) bond motifs is 5. The van der Waals surface area contributed by atoms with E-state index in [1.807, 2.05) is 0 Å². The molecule has 0 aliphatic heterocycles. The molecule has 4 aliphatic rings. The molecule has 0 heterocycles. The van der Waals surface area contributed by atoms with Gasteiger partial charge >= 0.3 is 5.97 Å². The van der Waals surface area contributed by atoms with E-state index in [-0.39, 0.29) is 12.1 Å². The first-order valence-corrected chi connectivity index (χ1v) is 13.7. The van der Waals surface area contributed by atoms with Crippen molar-refractivity contribution in [1.29, 1.82) is 0 Å². The summed E-state index contributed by atoms with van der Waals surface area (Å²) in [5, 5.41) is 0. The lowest BCUT2D eigenvalue weighted by Crippen LogP contribution is -2.51. The maximum absolute atomic E-state index is 11.7. The number of allylic oxidation sites excluding steroid dienone is 1. The number of ether oxygens (including phenoxy) is 1. The van der Waals surface area contributed by atoms with Gasteiger partial charge in [0.05, 0.1) is 0 Å². The Balaban J connectivity index is 1.46.